The summed E-state index contributed by atoms with van der Waals surface area (Å²) >= 11 is 0. The number of methoxy groups -OCH3 is 2. The molecule has 0 saturated carbocycles. The number of rotatable bonds is 3. The molecule has 1 atom stereocenters. The van der Waals surface area contributed by atoms with Gasteiger partial charge < -0.3 is 14.2 Å². The van der Waals surface area contributed by atoms with E-state index in [2.05, 4.69) is 0 Å². The van der Waals surface area contributed by atoms with Crippen LogP contribution in [-0.2, 0) is 9.53 Å². The van der Waals surface area contributed by atoms with Gasteiger partial charge in [-0.2, -0.15) is 0 Å². The van der Waals surface area contributed by atoms with Crippen LogP contribution in [0.1, 0.15) is 38.6 Å². The molecule has 0 radical (unpaired) electrons. The van der Waals surface area contributed by atoms with E-state index in [-0.39, 0.29) is 29.1 Å². The van der Waals surface area contributed by atoms with Crippen LogP contribution >= 0.6 is 0 Å². The van der Waals surface area contributed by atoms with Crippen LogP contribution in [0.5, 0.6) is 11.5 Å². The Bertz CT molecular complexity index is 1020. The number of fused-ring (bicyclic) bond motifs is 1. The molecule has 0 spiro atoms. The van der Waals surface area contributed by atoms with Gasteiger partial charge in [-0.15, -0.1) is 0 Å². The van der Waals surface area contributed by atoms with Gasteiger partial charge in [0.15, 0.2) is 23.0 Å². The molecule has 0 amide bonds. The molecule has 1 aliphatic heterocycles. The van der Waals surface area contributed by atoms with Crippen molar-refractivity contribution in [3.63, 3.8) is 0 Å². The molecule has 1 aliphatic carbocycles. The zero-order chi connectivity index (χ0) is 19.1. The first-order chi connectivity index (χ1) is 13.1. The van der Waals surface area contributed by atoms with E-state index >= 15 is 0 Å². The second-order valence-corrected chi connectivity index (χ2v) is 6.26. The maximum Gasteiger partial charge on any atom is 0.312 e. The standard InChI is InChI=1S/C21H16O6/c1-25-15-9-5-8-13(20(15)26-2)14-10-16(22)27-21-17(14)18(23)11-6-3-4-7-12(11)19(21)24/h3-9,14H,10H2,1-2H3/t14-/m1/s1. The molecular weight excluding hydrogens is 348 g/mol. The van der Waals surface area contributed by atoms with Crippen molar-refractivity contribution in [3.8, 4) is 11.5 Å². The lowest BCUT2D eigenvalue weighted by Crippen LogP contribution is -2.33. The predicted octanol–water partition coefficient (Wildman–Crippen LogP) is 3.07. The third kappa shape index (κ3) is 2.52. The molecule has 0 saturated heterocycles. The lowest BCUT2D eigenvalue weighted by Gasteiger charge is -2.30. The van der Waals surface area contributed by atoms with Gasteiger partial charge in [0.25, 0.3) is 0 Å². The second kappa shape index (κ2) is 6.39. The Morgan fingerprint density at radius 3 is 2.26 bits per heavy atom. The number of Topliss-reactive ketones (excluding diaryl/α,β-unsaturated/α-hetero) is 2. The summed E-state index contributed by atoms with van der Waals surface area (Å²) in [6.45, 7) is 0. The zero-order valence-electron chi connectivity index (χ0n) is 14.8. The summed E-state index contributed by atoms with van der Waals surface area (Å²) in [7, 11) is 2.99. The molecule has 136 valence electrons. The van der Waals surface area contributed by atoms with Crippen LogP contribution in [0.25, 0.3) is 0 Å². The van der Waals surface area contributed by atoms with Crippen molar-refractivity contribution < 1.29 is 28.6 Å². The molecule has 6 heteroatoms. The van der Waals surface area contributed by atoms with Crippen molar-refractivity contribution in [3.05, 3.63) is 70.5 Å². The van der Waals surface area contributed by atoms with Gasteiger partial charge in [-0.25, -0.2) is 0 Å². The molecule has 4 rings (SSSR count). The number of ether oxygens (including phenoxy) is 3. The molecule has 0 unspecified atom stereocenters. The average Bonchev–Trinajstić information content (AvgIpc) is 2.70. The smallest absolute Gasteiger partial charge is 0.312 e. The van der Waals surface area contributed by atoms with E-state index in [1.165, 1.54) is 14.2 Å². The topological polar surface area (TPSA) is 78.9 Å². The van der Waals surface area contributed by atoms with Crippen LogP contribution in [0.3, 0.4) is 0 Å². The van der Waals surface area contributed by atoms with E-state index in [0.717, 1.165) is 0 Å². The minimum absolute atomic E-state index is 0.0659. The number of hydrogen-bond acceptors (Lipinski definition) is 6. The molecule has 0 fully saturated rings. The average molecular weight is 364 g/mol. The van der Waals surface area contributed by atoms with Crippen molar-refractivity contribution in [1.29, 1.82) is 0 Å². The maximum atomic E-state index is 13.2. The molecule has 2 aromatic carbocycles. The van der Waals surface area contributed by atoms with Crippen LogP contribution < -0.4 is 9.47 Å². The lowest BCUT2D eigenvalue weighted by atomic mass is 9.76. The fourth-order valence-corrected chi connectivity index (χ4v) is 3.67. The van der Waals surface area contributed by atoms with Gasteiger partial charge in [0.2, 0.25) is 5.78 Å². The first kappa shape index (κ1) is 17.0. The van der Waals surface area contributed by atoms with Gasteiger partial charge in [0.1, 0.15) is 0 Å². The van der Waals surface area contributed by atoms with E-state index in [4.69, 9.17) is 14.2 Å². The molecule has 1 heterocycles. The van der Waals surface area contributed by atoms with Crippen molar-refractivity contribution in [1.82, 2.24) is 0 Å². The van der Waals surface area contributed by atoms with Crippen LogP contribution in [0.4, 0.5) is 0 Å². The minimum Gasteiger partial charge on any atom is -0.493 e. The summed E-state index contributed by atoms with van der Waals surface area (Å²) in [5.41, 5.74) is 1.34. The monoisotopic (exact) mass is 364 g/mol. The van der Waals surface area contributed by atoms with Gasteiger partial charge in [-0.05, 0) is 6.07 Å². The Morgan fingerprint density at radius 1 is 0.889 bits per heavy atom. The van der Waals surface area contributed by atoms with Crippen molar-refractivity contribution in [2.75, 3.05) is 14.2 Å². The van der Waals surface area contributed by atoms with Crippen LogP contribution in [0.15, 0.2) is 53.8 Å². The molecule has 27 heavy (non-hydrogen) atoms. The largest absolute Gasteiger partial charge is 0.493 e. The molecular formula is C21H16O6. The van der Waals surface area contributed by atoms with Gasteiger partial charge in [-0.3, -0.25) is 14.4 Å². The summed E-state index contributed by atoms with van der Waals surface area (Å²) in [4.78, 5) is 38.2. The first-order valence-corrected chi connectivity index (χ1v) is 8.41. The fourth-order valence-electron chi connectivity index (χ4n) is 3.67. The minimum atomic E-state index is -0.656. The van der Waals surface area contributed by atoms with Crippen molar-refractivity contribution in [2.45, 2.75) is 12.3 Å². The SMILES string of the molecule is COc1cccc([C@H]2CC(=O)OC3=C2C(=O)c2ccccc2C3=O)c1OC. The Balaban J connectivity index is 1.94. The third-order valence-electron chi connectivity index (χ3n) is 4.86. The molecule has 2 aliphatic rings. The summed E-state index contributed by atoms with van der Waals surface area (Å²) in [5, 5.41) is 0. The Kier molecular flexibility index (Phi) is 4.03. The van der Waals surface area contributed by atoms with E-state index in [1.807, 2.05) is 0 Å². The summed E-state index contributed by atoms with van der Waals surface area (Å²) in [6.07, 6.45) is -0.0659. The number of esters is 1. The number of ketones is 2. The van der Waals surface area contributed by atoms with Crippen LogP contribution in [0.2, 0.25) is 0 Å². The summed E-state index contributed by atoms with van der Waals surface area (Å²) in [6, 6.07) is 11.8. The van der Waals surface area contributed by atoms with E-state index < -0.39 is 17.7 Å². The quantitative estimate of drug-likeness (QED) is 0.779. The molecule has 6 nitrogen and oxygen atoms in total. The van der Waals surface area contributed by atoms with E-state index in [1.54, 1.807) is 42.5 Å². The predicted molar refractivity (Wildman–Crippen MR) is 95.1 cm³/mol. The number of benzene rings is 2. The van der Waals surface area contributed by atoms with E-state index in [0.29, 0.717) is 22.6 Å². The van der Waals surface area contributed by atoms with Crippen LogP contribution in [-0.4, -0.2) is 31.8 Å². The molecule has 2 aromatic rings. The first-order valence-electron chi connectivity index (χ1n) is 8.41. The second-order valence-electron chi connectivity index (χ2n) is 6.26. The van der Waals surface area contributed by atoms with Crippen molar-refractivity contribution >= 4 is 17.5 Å². The van der Waals surface area contributed by atoms with Gasteiger partial charge in [0.05, 0.1) is 26.2 Å². The number of para-hydroxylation sites is 1. The molecule has 0 N–H and O–H groups in total. The van der Waals surface area contributed by atoms with E-state index in [9.17, 15) is 14.4 Å². The number of allylic oxidation sites excluding steroid dienone is 2. The number of hydrogen-bond donors (Lipinski definition) is 0. The molecule has 0 bridgehead atoms. The number of carbonyl (C=O) groups excluding carboxylic acids is 3. The normalized spacial score (nSPS) is 18.6. The molecule has 0 aromatic heterocycles. The summed E-state index contributed by atoms with van der Waals surface area (Å²) < 4.78 is 16.0. The number of carbonyl (C=O) groups is 3. The highest BCUT2D eigenvalue weighted by Crippen LogP contribution is 2.46. The zero-order valence-corrected chi connectivity index (χ0v) is 14.8. The maximum absolute atomic E-state index is 13.2. The highest BCUT2D eigenvalue weighted by molar-refractivity contribution is 6.27. The Hall–Kier alpha value is -3.41. The highest BCUT2D eigenvalue weighted by atomic mass is 16.5. The Labute approximate surface area is 155 Å². The van der Waals surface area contributed by atoms with Gasteiger partial charge >= 0.3 is 5.97 Å². The van der Waals surface area contributed by atoms with Gasteiger partial charge in [-0.1, -0.05) is 36.4 Å². The van der Waals surface area contributed by atoms with Gasteiger partial charge in [0, 0.05) is 22.6 Å². The third-order valence-corrected chi connectivity index (χ3v) is 4.86. The Morgan fingerprint density at radius 2 is 1.59 bits per heavy atom. The summed E-state index contributed by atoms with van der Waals surface area (Å²) in [5.74, 6) is -1.29. The fraction of sp³-hybridized carbons (Fsp3) is 0.190. The highest BCUT2D eigenvalue weighted by Gasteiger charge is 2.43. The van der Waals surface area contributed by atoms with Crippen molar-refractivity contribution in [2.24, 2.45) is 0 Å². The van der Waals surface area contributed by atoms with Crippen LogP contribution in [0, 0.1) is 0 Å². The lowest BCUT2D eigenvalue weighted by molar-refractivity contribution is -0.140.